The molecule has 2 spiro atoms. The topological polar surface area (TPSA) is 125 Å². The summed E-state index contributed by atoms with van der Waals surface area (Å²) in [5, 5.41) is 19.5. The van der Waals surface area contributed by atoms with Crippen LogP contribution in [-0.2, 0) is 19.7 Å². The number of anilines is 1. The molecule has 9 nitrogen and oxygen atoms in total. The van der Waals surface area contributed by atoms with Gasteiger partial charge in [-0.1, -0.05) is 37.0 Å². The Kier molecular flexibility index (Phi) is 7.54. The van der Waals surface area contributed by atoms with Gasteiger partial charge in [-0.3, -0.25) is 14.9 Å². The predicted octanol–water partition coefficient (Wildman–Crippen LogP) is 4.25. The lowest BCUT2D eigenvalue weighted by Crippen LogP contribution is -2.61. The minimum Gasteiger partial charge on any atom is -0.391 e. The number of rotatable bonds is 4. The quantitative estimate of drug-likeness (QED) is 0.377. The summed E-state index contributed by atoms with van der Waals surface area (Å²) in [6.07, 6.45) is 6.03. The number of hydrogen-bond acceptors (Lipinski definition) is 7. The number of hydrogen-bond donors (Lipinski definition) is 4. The fraction of sp³-hybridized carbons (Fsp3) is 0.600. The Labute approximate surface area is 254 Å². The first kappa shape index (κ1) is 29.7. The molecular formula is C30H36Cl2FN5O4. The first-order valence-corrected chi connectivity index (χ1v) is 15.3. The summed E-state index contributed by atoms with van der Waals surface area (Å²) in [6, 6.07) is 1.82. The van der Waals surface area contributed by atoms with Gasteiger partial charge in [-0.2, -0.15) is 0 Å². The van der Waals surface area contributed by atoms with Crippen LogP contribution in [0.1, 0.15) is 76.3 Å². The lowest BCUT2D eigenvalue weighted by Gasteiger charge is -2.50. The van der Waals surface area contributed by atoms with Gasteiger partial charge in [0.05, 0.1) is 30.9 Å². The van der Waals surface area contributed by atoms with Crippen molar-refractivity contribution in [3.63, 3.8) is 0 Å². The van der Waals surface area contributed by atoms with Gasteiger partial charge in [-0.25, -0.2) is 14.4 Å². The van der Waals surface area contributed by atoms with Crippen LogP contribution >= 0.6 is 23.2 Å². The Morgan fingerprint density at radius 2 is 1.95 bits per heavy atom. The lowest BCUT2D eigenvalue weighted by molar-refractivity contribution is -0.126. The molecular weight excluding hydrogens is 584 g/mol. The van der Waals surface area contributed by atoms with E-state index < -0.39 is 34.8 Å². The summed E-state index contributed by atoms with van der Waals surface area (Å²) in [7, 11) is 0. The SMILES string of the molecule is C[C@@H](O)[C@@H]1CC[C@@H](NC(=O)C2NC3(CCC(C)(C)CC3)C3(C(=O)Nc4cc(Cl)ncc43)C2c2ccnc(Cl)c2F)CO1. The lowest BCUT2D eigenvalue weighted by atomic mass is 9.53. The normalized spacial score (nSPS) is 32.0. The van der Waals surface area contributed by atoms with E-state index in [4.69, 9.17) is 27.9 Å². The van der Waals surface area contributed by atoms with Gasteiger partial charge in [0.2, 0.25) is 11.8 Å². The molecule has 2 saturated heterocycles. The summed E-state index contributed by atoms with van der Waals surface area (Å²) in [5.41, 5.74) is -1.02. The number of aromatic nitrogens is 2. The van der Waals surface area contributed by atoms with Gasteiger partial charge >= 0.3 is 0 Å². The highest BCUT2D eigenvalue weighted by Crippen LogP contribution is 2.63. The summed E-state index contributed by atoms with van der Waals surface area (Å²) in [6.45, 7) is 6.31. The second kappa shape index (κ2) is 10.7. The number of nitrogens with zero attached hydrogens (tertiary/aromatic N) is 2. The smallest absolute Gasteiger partial charge is 0.238 e. The monoisotopic (exact) mass is 619 g/mol. The molecule has 1 aliphatic carbocycles. The minimum atomic E-state index is -1.38. The van der Waals surface area contributed by atoms with Gasteiger partial charge < -0.3 is 20.5 Å². The molecule has 0 radical (unpaired) electrons. The van der Waals surface area contributed by atoms with Gasteiger partial charge in [0.25, 0.3) is 0 Å². The minimum absolute atomic E-state index is 0.0329. The van der Waals surface area contributed by atoms with Crippen molar-refractivity contribution in [2.45, 2.75) is 100 Å². The maximum absolute atomic E-state index is 16.0. The van der Waals surface area contributed by atoms with Gasteiger partial charge in [0.15, 0.2) is 11.0 Å². The van der Waals surface area contributed by atoms with E-state index in [2.05, 4.69) is 39.8 Å². The number of carbonyl (C=O) groups is 2. The fourth-order valence-electron chi connectivity index (χ4n) is 7.77. The number of amides is 2. The number of fused-ring (bicyclic) bond motifs is 3. The Bertz CT molecular complexity index is 1410. The van der Waals surface area contributed by atoms with E-state index in [9.17, 15) is 14.7 Å². The molecule has 2 aromatic heterocycles. The number of pyridine rings is 2. The van der Waals surface area contributed by atoms with E-state index in [0.29, 0.717) is 36.9 Å². The second-order valence-corrected chi connectivity index (χ2v) is 13.8. The molecule has 3 unspecified atom stereocenters. The molecule has 4 aliphatic rings. The zero-order valence-corrected chi connectivity index (χ0v) is 25.4. The number of aliphatic hydroxyl groups excluding tert-OH is 1. The van der Waals surface area contributed by atoms with Crippen molar-refractivity contribution in [1.82, 2.24) is 20.6 Å². The van der Waals surface area contributed by atoms with Crippen molar-refractivity contribution in [2.24, 2.45) is 5.41 Å². The number of ether oxygens (including phenoxy) is 1. The van der Waals surface area contributed by atoms with Gasteiger partial charge in [-0.15, -0.1) is 0 Å². The van der Waals surface area contributed by atoms with E-state index in [1.54, 1.807) is 19.2 Å². The third-order valence-electron chi connectivity index (χ3n) is 10.0. The van der Waals surface area contributed by atoms with Gasteiger partial charge in [0.1, 0.15) is 10.6 Å². The van der Waals surface area contributed by atoms with Crippen LogP contribution in [-0.4, -0.2) is 63.3 Å². The Hall–Kier alpha value is -2.37. The third kappa shape index (κ3) is 4.61. The van der Waals surface area contributed by atoms with Gasteiger partial charge in [0, 0.05) is 35.1 Å². The molecule has 0 aromatic carbocycles. The summed E-state index contributed by atoms with van der Waals surface area (Å²) in [4.78, 5) is 37.0. The summed E-state index contributed by atoms with van der Waals surface area (Å²) < 4.78 is 21.8. The number of carbonyl (C=O) groups excluding carboxylic acids is 2. The maximum atomic E-state index is 16.0. The molecule has 3 fully saturated rings. The molecule has 4 N–H and O–H groups in total. The van der Waals surface area contributed by atoms with Crippen molar-refractivity contribution >= 4 is 40.7 Å². The van der Waals surface area contributed by atoms with Crippen molar-refractivity contribution in [1.29, 1.82) is 0 Å². The third-order valence-corrected chi connectivity index (χ3v) is 10.5. The molecule has 3 aliphatic heterocycles. The molecule has 6 rings (SSSR count). The highest BCUT2D eigenvalue weighted by atomic mass is 35.5. The van der Waals surface area contributed by atoms with Crippen molar-refractivity contribution in [3.8, 4) is 0 Å². The van der Waals surface area contributed by atoms with E-state index >= 15 is 4.39 Å². The average Bonchev–Trinajstić information content (AvgIpc) is 3.40. The van der Waals surface area contributed by atoms with Crippen LogP contribution in [0.5, 0.6) is 0 Å². The molecule has 5 heterocycles. The van der Waals surface area contributed by atoms with Gasteiger partial charge in [-0.05, 0) is 68.6 Å². The highest BCUT2D eigenvalue weighted by Gasteiger charge is 2.73. The van der Waals surface area contributed by atoms with Crippen LogP contribution in [0.25, 0.3) is 0 Å². The Balaban J connectivity index is 1.49. The Morgan fingerprint density at radius 3 is 2.62 bits per heavy atom. The number of aliphatic hydroxyl groups is 1. The van der Waals surface area contributed by atoms with Crippen LogP contribution in [0.2, 0.25) is 10.3 Å². The standard InChI is InChI=1S/C30H36Cl2FN5O4/c1-15(39)20-5-4-16(14-42-20)36-26(40)24-22(17-6-11-34-25(32)23(17)33)30(29(38-24)9-7-28(2,3)8-10-29)18-13-35-21(31)12-19(18)37-27(30)41/h6,11-13,15-16,20,22,24,38-39H,4-5,7-10,14H2,1-3H3,(H,36,40)(H,37,41)/t15-,16-,20+,22?,24?,30?/m1/s1. The summed E-state index contributed by atoms with van der Waals surface area (Å²) in [5.74, 6) is -2.43. The molecule has 1 saturated carbocycles. The first-order chi connectivity index (χ1) is 19.9. The van der Waals surface area contributed by atoms with Crippen LogP contribution in [0.15, 0.2) is 24.5 Å². The molecule has 42 heavy (non-hydrogen) atoms. The van der Waals surface area contributed by atoms with E-state index in [1.807, 2.05) is 0 Å². The van der Waals surface area contributed by atoms with Crippen LogP contribution in [0, 0.1) is 11.2 Å². The van der Waals surface area contributed by atoms with Crippen molar-refractivity contribution in [3.05, 3.63) is 51.8 Å². The largest absolute Gasteiger partial charge is 0.391 e. The first-order valence-electron chi connectivity index (χ1n) is 14.5. The summed E-state index contributed by atoms with van der Waals surface area (Å²) >= 11 is 12.4. The van der Waals surface area contributed by atoms with Crippen LogP contribution in [0.3, 0.4) is 0 Å². The predicted molar refractivity (Wildman–Crippen MR) is 156 cm³/mol. The van der Waals surface area contributed by atoms with Crippen molar-refractivity contribution < 1.29 is 23.8 Å². The van der Waals surface area contributed by atoms with E-state index in [0.717, 1.165) is 12.8 Å². The average molecular weight is 621 g/mol. The zero-order valence-electron chi connectivity index (χ0n) is 23.8. The molecule has 12 heteroatoms. The van der Waals surface area contributed by atoms with Crippen LogP contribution in [0.4, 0.5) is 10.1 Å². The molecule has 2 amide bonds. The molecule has 6 atom stereocenters. The van der Waals surface area contributed by atoms with E-state index in [1.165, 1.54) is 12.3 Å². The molecule has 2 aromatic rings. The Morgan fingerprint density at radius 1 is 1.21 bits per heavy atom. The fourth-order valence-corrected chi connectivity index (χ4v) is 8.09. The van der Waals surface area contributed by atoms with Crippen LogP contribution < -0.4 is 16.0 Å². The molecule has 0 bridgehead atoms. The van der Waals surface area contributed by atoms with E-state index in [-0.39, 0.29) is 51.9 Å². The molecule has 226 valence electrons. The zero-order chi connectivity index (χ0) is 30.0. The number of nitrogens with one attached hydrogen (secondary N) is 3. The maximum Gasteiger partial charge on any atom is 0.238 e. The second-order valence-electron chi connectivity index (χ2n) is 13.1. The highest BCUT2D eigenvalue weighted by molar-refractivity contribution is 6.30. The van der Waals surface area contributed by atoms with Crippen molar-refractivity contribution in [2.75, 3.05) is 11.9 Å². The number of halogens is 3.